The Hall–Kier alpha value is -2.14. The highest BCUT2D eigenvalue weighted by Crippen LogP contribution is 2.13. The Kier molecular flexibility index (Phi) is 4.53. The Balaban J connectivity index is 1.96. The van der Waals surface area contributed by atoms with E-state index in [4.69, 9.17) is 0 Å². The highest BCUT2D eigenvalue weighted by atomic mass is 32.1. The van der Waals surface area contributed by atoms with Crippen molar-refractivity contribution in [2.24, 2.45) is 0 Å². The molecule has 0 fully saturated rings. The summed E-state index contributed by atoms with van der Waals surface area (Å²) in [6, 6.07) is 10.5. The fraction of sp³-hybridized carbons (Fsp3) is 0.200. The number of thiophene rings is 1. The zero-order valence-electron chi connectivity index (χ0n) is 11.3. The first-order valence-corrected chi connectivity index (χ1v) is 7.17. The predicted molar refractivity (Wildman–Crippen MR) is 81.1 cm³/mol. The Morgan fingerprint density at radius 2 is 1.90 bits per heavy atom. The third-order valence-corrected chi connectivity index (χ3v) is 3.76. The van der Waals surface area contributed by atoms with Gasteiger partial charge in [0.05, 0.1) is 4.88 Å². The second kappa shape index (κ2) is 6.34. The molecule has 1 atom stereocenters. The molecule has 0 saturated heterocycles. The molecule has 0 saturated carbocycles. The van der Waals surface area contributed by atoms with Gasteiger partial charge in [-0.15, -0.1) is 11.3 Å². The molecule has 104 valence electrons. The standard InChI is InChI=1S/C15H16N2O2S/c1-10-6-3-4-7-12(10)17-14(18)11(2)16-15(19)13-8-5-9-20-13/h3-9,11H,1-2H3,(H,16,19)(H,17,18). The van der Waals surface area contributed by atoms with Crippen LogP contribution in [0.15, 0.2) is 41.8 Å². The lowest BCUT2D eigenvalue weighted by Gasteiger charge is -2.14. The number of rotatable bonds is 4. The molecule has 5 heteroatoms. The fourth-order valence-electron chi connectivity index (χ4n) is 1.70. The van der Waals surface area contributed by atoms with E-state index in [1.807, 2.05) is 36.6 Å². The molecule has 1 unspecified atom stereocenters. The number of hydrogen-bond acceptors (Lipinski definition) is 3. The molecule has 0 aliphatic rings. The third kappa shape index (κ3) is 3.45. The van der Waals surface area contributed by atoms with Crippen molar-refractivity contribution >= 4 is 28.8 Å². The lowest BCUT2D eigenvalue weighted by Crippen LogP contribution is -2.41. The Bertz CT molecular complexity index is 608. The van der Waals surface area contributed by atoms with Crippen LogP contribution in [0.4, 0.5) is 5.69 Å². The third-order valence-electron chi connectivity index (χ3n) is 2.89. The molecule has 2 amide bonds. The van der Waals surface area contributed by atoms with Crippen molar-refractivity contribution < 1.29 is 9.59 Å². The number of aryl methyl sites for hydroxylation is 1. The van der Waals surface area contributed by atoms with Gasteiger partial charge in [-0.2, -0.15) is 0 Å². The van der Waals surface area contributed by atoms with Crippen molar-refractivity contribution in [3.8, 4) is 0 Å². The second-order valence-corrected chi connectivity index (χ2v) is 5.42. The maximum atomic E-state index is 12.0. The molecule has 0 bridgehead atoms. The lowest BCUT2D eigenvalue weighted by atomic mass is 10.2. The van der Waals surface area contributed by atoms with Crippen LogP contribution in [0.3, 0.4) is 0 Å². The van der Waals surface area contributed by atoms with Gasteiger partial charge in [-0.25, -0.2) is 0 Å². The maximum absolute atomic E-state index is 12.0. The van der Waals surface area contributed by atoms with Gasteiger partial charge in [0.15, 0.2) is 0 Å². The number of nitrogens with one attached hydrogen (secondary N) is 2. The van der Waals surface area contributed by atoms with Crippen molar-refractivity contribution in [1.82, 2.24) is 5.32 Å². The molecule has 0 spiro atoms. The minimum absolute atomic E-state index is 0.229. The van der Waals surface area contributed by atoms with E-state index in [1.165, 1.54) is 11.3 Å². The van der Waals surface area contributed by atoms with Gasteiger partial charge in [0.2, 0.25) is 5.91 Å². The van der Waals surface area contributed by atoms with Gasteiger partial charge in [0, 0.05) is 5.69 Å². The summed E-state index contributed by atoms with van der Waals surface area (Å²) in [4.78, 5) is 24.5. The van der Waals surface area contributed by atoms with Crippen LogP contribution in [0.5, 0.6) is 0 Å². The van der Waals surface area contributed by atoms with Crippen LogP contribution in [-0.4, -0.2) is 17.9 Å². The van der Waals surface area contributed by atoms with E-state index in [1.54, 1.807) is 19.1 Å². The fourth-order valence-corrected chi connectivity index (χ4v) is 2.32. The molecule has 1 aromatic carbocycles. The van der Waals surface area contributed by atoms with Crippen molar-refractivity contribution in [1.29, 1.82) is 0 Å². The van der Waals surface area contributed by atoms with E-state index in [0.717, 1.165) is 11.3 Å². The van der Waals surface area contributed by atoms with Gasteiger partial charge in [0.1, 0.15) is 6.04 Å². The lowest BCUT2D eigenvalue weighted by molar-refractivity contribution is -0.117. The molecule has 4 nitrogen and oxygen atoms in total. The second-order valence-electron chi connectivity index (χ2n) is 4.48. The van der Waals surface area contributed by atoms with Crippen molar-refractivity contribution in [3.63, 3.8) is 0 Å². The van der Waals surface area contributed by atoms with E-state index in [2.05, 4.69) is 10.6 Å². The molecule has 1 heterocycles. The highest BCUT2D eigenvalue weighted by Gasteiger charge is 2.17. The topological polar surface area (TPSA) is 58.2 Å². The van der Waals surface area contributed by atoms with Crippen LogP contribution < -0.4 is 10.6 Å². The zero-order chi connectivity index (χ0) is 14.5. The molecule has 2 N–H and O–H groups in total. The monoisotopic (exact) mass is 288 g/mol. The van der Waals surface area contributed by atoms with Gasteiger partial charge < -0.3 is 10.6 Å². The van der Waals surface area contributed by atoms with Crippen LogP contribution >= 0.6 is 11.3 Å². The van der Waals surface area contributed by atoms with E-state index < -0.39 is 6.04 Å². The number of carbonyl (C=O) groups is 2. The van der Waals surface area contributed by atoms with Crippen molar-refractivity contribution in [2.45, 2.75) is 19.9 Å². The Labute approximate surface area is 121 Å². The van der Waals surface area contributed by atoms with E-state index in [0.29, 0.717) is 4.88 Å². The summed E-state index contributed by atoms with van der Waals surface area (Å²) < 4.78 is 0. The minimum atomic E-state index is -0.593. The Morgan fingerprint density at radius 1 is 1.15 bits per heavy atom. The number of hydrogen-bond donors (Lipinski definition) is 2. The molecule has 2 aromatic rings. The van der Waals surface area contributed by atoms with E-state index in [-0.39, 0.29) is 11.8 Å². The van der Waals surface area contributed by atoms with Crippen LogP contribution in [-0.2, 0) is 4.79 Å². The quantitative estimate of drug-likeness (QED) is 0.909. The first kappa shape index (κ1) is 14.3. The Morgan fingerprint density at radius 3 is 2.55 bits per heavy atom. The molecule has 20 heavy (non-hydrogen) atoms. The van der Waals surface area contributed by atoms with Crippen LogP contribution in [0.2, 0.25) is 0 Å². The number of anilines is 1. The van der Waals surface area contributed by atoms with E-state index in [9.17, 15) is 9.59 Å². The number of benzene rings is 1. The number of carbonyl (C=O) groups excluding carboxylic acids is 2. The predicted octanol–water partition coefficient (Wildman–Crippen LogP) is 2.81. The summed E-state index contributed by atoms with van der Waals surface area (Å²) in [5.74, 6) is -0.461. The normalized spacial score (nSPS) is 11.7. The van der Waals surface area contributed by atoms with Crippen LogP contribution in [0.1, 0.15) is 22.2 Å². The molecule has 0 aliphatic carbocycles. The molecule has 2 rings (SSSR count). The van der Waals surface area contributed by atoms with Gasteiger partial charge in [-0.05, 0) is 36.9 Å². The minimum Gasteiger partial charge on any atom is -0.340 e. The SMILES string of the molecule is Cc1ccccc1NC(=O)C(C)NC(=O)c1cccs1. The average Bonchev–Trinajstić information content (AvgIpc) is 2.95. The van der Waals surface area contributed by atoms with Gasteiger partial charge >= 0.3 is 0 Å². The molecular weight excluding hydrogens is 272 g/mol. The smallest absolute Gasteiger partial charge is 0.261 e. The number of para-hydroxylation sites is 1. The molecule has 0 aliphatic heterocycles. The summed E-state index contributed by atoms with van der Waals surface area (Å²) >= 11 is 1.35. The summed E-state index contributed by atoms with van der Waals surface area (Å²) in [6.07, 6.45) is 0. The first-order valence-electron chi connectivity index (χ1n) is 6.29. The van der Waals surface area contributed by atoms with E-state index >= 15 is 0 Å². The summed E-state index contributed by atoms with van der Waals surface area (Å²) in [5, 5.41) is 7.32. The molecule has 0 radical (unpaired) electrons. The van der Waals surface area contributed by atoms with Crippen LogP contribution in [0, 0.1) is 6.92 Å². The summed E-state index contributed by atoms with van der Waals surface area (Å²) in [6.45, 7) is 3.59. The highest BCUT2D eigenvalue weighted by molar-refractivity contribution is 7.12. The molecule has 1 aromatic heterocycles. The van der Waals surface area contributed by atoms with Gasteiger partial charge in [0.25, 0.3) is 5.91 Å². The van der Waals surface area contributed by atoms with Crippen molar-refractivity contribution in [2.75, 3.05) is 5.32 Å². The maximum Gasteiger partial charge on any atom is 0.261 e. The summed E-state index contributed by atoms with van der Waals surface area (Å²) in [7, 11) is 0. The first-order chi connectivity index (χ1) is 9.58. The van der Waals surface area contributed by atoms with Crippen molar-refractivity contribution in [3.05, 3.63) is 52.2 Å². The van der Waals surface area contributed by atoms with Gasteiger partial charge in [-0.3, -0.25) is 9.59 Å². The average molecular weight is 288 g/mol. The largest absolute Gasteiger partial charge is 0.340 e. The zero-order valence-corrected chi connectivity index (χ0v) is 12.2. The summed E-state index contributed by atoms with van der Waals surface area (Å²) in [5.41, 5.74) is 1.74. The molecular formula is C15H16N2O2S. The van der Waals surface area contributed by atoms with Gasteiger partial charge in [-0.1, -0.05) is 24.3 Å². The van der Waals surface area contributed by atoms with Crippen LogP contribution in [0.25, 0.3) is 0 Å². The number of amides is 2.